The number of carbonyl (C=O) groups excluding carboxylic acids is 2. The highest BCUT2D eigenvalue weighted by molar-refractivity contribution is 7.14. The molecule has 7 heteroatoms. The Morgan fingerprint density at radius 2 is 1.97 bits per heavy atom. The minimum Gasteiger partial charge on any atom is -0.488 e. The van der Waals surface area contributed by atoms with E-state index in [0.717, 1.165) is 11.1 Å². The van der Waals surface area contributed by atoms with E-state index in [-0.39, 0.29) is 5.56 Å². The summed E-state index contributed by atoms with van der Waals surface area (Å²) >= 11 is 1.23. The summed E-state index contributed by atoms with van der Waals surface area (Å²) in [7, 11) is 0. The van der Waals surface area contributed by atoms with Crippen molar-refractivity contribution >= 4 is 28.2 Å². The Balaban J connectivity index is 1.59. The Morgan fingerprint density at radius 3 is 2.76 bits per heavy atom. The van der Waals surface area contributed by atoms with Crippen LogP contribution >= 0.6 is 11.3 Å². The van der Waals surface area contributed by atoms with E-state index in [0.29, 0.717) is 22.9 Å². The van der Waals surface area contributed by atoms with E-state index in [1.165, 1.54) is 11.3 Å². The highest BCUT2D eigenvalue weighted by Gasteiger charge is 2.16. The van der Waals surface area contributed by atoms with Gasteiger partial charge >= 0.3 is 5.97 Å². The van der Waals surface area contributed by atoms with Crippen LogP contribution in [-0.2, 0) is 16.1 Å². The van der Waals surface area contributed by atoms with Gasteiger partial charge < -0.3 is 14.8 Å². The summed E-state index contributed by atoms with van der Waals surface area (Å²) in [4.78, 5) is 24.4. The monoisotopic (exact) mass is 406 g/mol. The molecule has 0 aliphatic carbocycles. The van der Waals surface area contributed by atoms with Gasteiger partial charge in [0.25, 0.3) is 5.91 Å². The molecule has 1 aromatic heterocycles. The quantitative estimate of drug-likeness (QED) is 0.591. The van der Waals surface area contributed by atoms with E-state index in [2.05, 4.69) is 5.32 Å². The molecular formula is C22H18N2O4S. The second-order valence-corrected chi connectivity index (χ2v) is 7.09. The summed E-state index contributed by atoms with van der Waals surface area (Å²) in [5.74, 6) is -0.799. The first kappa shape index (κ1) is 20.1. The number of para-hydroxylation sites is 1. The van der Waals surface area contributed by atoms with Crippen molar-refractivity contribution in [3.8, 4) is 11.8 Å². The van der Waals surface area contributed by atoms with Crippen molar-refractivity contribution in [1.82, 2.24) is 0 Å². The Morgan fingerprint density at radius 1 is 1.14 bits per heavy atom. The van der Waals surface area contributed by atoms with Crippen molar-refractivity contribution in [1.29, 1.82) is 5.26 Å². The first-order valence-corrected chi connectivity index (χ1v) is 9.66. The van der Waals surface area contributed by atoms with Crippen LogP contribution in [0, 0.1) is 18.3 Å². The van der Waals surface area contributed by atoms with Gasteiger partial charge in [-0.2, -0.15) is 5.26 Å². The molecule has 0 bridgehead atoms. The van der Waals surface area contributed by atoms with Crippen LogP contribution in [-0.4, -0.2) is 18.5 Å². The van der Waals surface area contributed by atoms with Gasteiger partial charge in [0.15, 0.2) is 6.61 Å². The molecule has 3 rings (SSSR count). The summed E-state index contributed by atoms with van der Waals surface area (Å²) in [6.45, 7) is 1.84. The van der Waals surface area contributed by atoms with E-state index in [4.69, 9.17) is 14.7 Å². The van der Waals surface area contributed by atoms with Crippen molar-refractivity contribution in [2.75, 3.05) is 11.9 Å². The number of amides is 1. The summed E-state index contributed by atoms with van der Waals surface area (Å²) in [6, 6.07) is 18.2. The van der Waals surface area contributed by atoms with Gasteiger partial charge in [-0.25, -0.2) is 4.79 Å². The lowest BCUT2D eigenvalue weighted by atomic mass is 10.1. The average molecular weight is 406 g/mol. The molecule has 1 N–H and O–H groups in total. The van der Waals surface area contributed by atoms with Crippen LogP contribution in [0.15, 0.2) is 60.0 Å². The van der Waals surface area contributed by atoms with Gasteiger partial charge in [0.05, 0.1) is 5.56 Å². The fourth-order valence-corrected chi connectivity index (χ4v) is 3.34. The number of anilines is 1. The first-order valence-electron chi connectivity index (χ1n) is 8.79. The number of benzene rings is 2. The largest absolute Gasteiger partial charge is 0.488 e. The molecule has 2 aromatic carbocycles. The zero-order valence-corrected chi connectivity index (χ0v) is 16.5. The molecule has 0 atom stereocenters. The van der Waals surface area contributed by atoms with Gasteiger partial charge in [0, 0.05) is 0 Å². The van der Waals surface area contributed by atoms with Crippen LogP contribution in [0.2, 0.25) is 0 Å². The molecule has 1 heterocycles. The Labute approximate surface area is 172 Å². The highest BCUT2D eigenvalue weighted by atomic mass is 32.1. The fourth-order valence-electron chi connectivity index (χ4n) is 2.59. The molecule has 0 saturated heterocycles. The SMILES string of the molecule is Cc1cccc(COc2ccccc2C(=O)OCC(=O)Nc2sccc2C#N)c1. The lowest BCUT2D eigenvalue weighted by Gasteiger charge is -2.11. The maximum Gasteiger partial charge on any atom is 0.342 e. The summed E-state index contributed by atoms with van der Waals surface area (Å²) in [5, 5.41) is 13.7. The minimum absolute atomic E-state index is 0.238. The molecule has 146 valence electrons. The molecule has 0 fully saturated rings. The van der Waals surface area contributed by atoms with Crippen LogP contribution in [0.1, 0.15) is 27.0 Å². The van der Waals surface area contributed by atoms with Crippen molar-refractivity contribution < 1.29 is 19.1 Å². The van der Waals surface area contributed by atoms with Gasteiger partial charge in [-0.15, -0.1) is 11.3 Å². The summed E-state index contributed by atoms with van der Waals surface area (Å²) in [5.41, 5.74) is 2.71. The number of nitrogens with zero attached hydrogens (tertiary/aromatic N) is 1. The van der Waals surface area contributed by atoms with Crippen LogP contribution < -0.4 is 10.1 Å². The Bertz CT molecular complexity index is 1070. The highest BCUT2D eigenvalue weighted by Crippen LogP contribution is 2.23. The molecule has 0 aliphatic rings. The molecule has 0 saturated carbocycles. The Kier molecular flexibility index (Phi) is 6.61. The molecule has 6 nitrogen and oxygen atoms in total. The third-order valence-corrected chi connectivity index (χ3v) is 4.79. The summed E-state index contributed by atoms with van der Waals surface area (Å²) in [6.07, 6.45) is 0. The molecule has 3 aromatic rings. The standard InChI is InChI=1S/C22H18N2O4S/c1-15-5-4-6-16(11-15)13-27-19-8-3-2-7-18(19)22(26)28-14-20(25)24-21-17(12-23)9-10-29-21/h2-11H,13-14H2,1H3,(H,24,25). The number of hydrogen-bond acceptors (Lipinski definition) is 6. The van der Waals surface area contributed by atoms with Crippen molar-refractivity contribution in [2.24, 2.45) is 0 Å². The number of rotatable bonds is 7. The number of carbonyl (C=O) groups is 2. The lowest BCUT2D eigenvalue weighted by Crippen LogP contribution is -2.21. The maximum absolute atomic E-state index is 12.4. The smallest absolute Gasteiger partial charge is 0.342 e. The zero-order chi connectivity index (χ0) is 20.6. The average Bonchev–Trinajstić information content (AvgIpc) is 3.18. The molecule has 29 heavy (non-hydrogen) atoms. The molecule has 0 aliphatic heterocycles. The van der Waals surface area contributed by atoms with Gasteiger partial charge in [0.2, 0.25) is 0 Å². The second-order valence-electron chi connectivity index (χ2n) is 6.17. The number of hydrogen-bond donors (Lipinski definition) is 1. The number of nitrogens with one attached hydrogen (secondary N) is 1. The van der Waals surface area contributed by atoms with Gasteiger partial charge in [-0.1, -0.05) is 42.0 Å². The van der Waals surface area contributed by atoms with Crippen LogP contribution in [0.5, 0.6) is 5.75 Å². The molecule has 0 unspecified atom stereocenters. The number of nitriles is 1. The van der Waals surface area contributed by atoms with Crippen LogP contribution in [0.4, 0.5) is 5.00 Å². The molecular weight excluding hydrogens is 388 g/mol. The molecule has 0 radical (unpaired) electrons. The van der Waals surface area contributed by atoms with E-state index < -0.39 is 18.5 Å². The number of esters is 1. The van der Waals surface area contributed by atoms with E-state index in [1.54, 1.807) is 35.7 Å². The normalized spacial score (nSPS) is 10.1. The second kappa shape index (κ2) is 9.53. The first-order chi connectivity index (χ1) is 14.1. The zero-order valence-electron chi connectivity index (χ0n) is 15.7. The lowest BCUT2D eigenvalue weighted by molar-refractivity contribution is -0.119. The molecule has 0 spiro atoms. The third kappa shape index (κ3) is 5.43. The van der Waals surface area contributed by atoms with Crippen molar-refractivity contribution in [3.05, 3.63) is 82.2 Å². The molecule has 1 amide bonds. The van der Waals surface area contributed by atoms with E-state index in [9.17, 15) is 9.59 Å². The van der Waals surface area contributed by atoms with E-state index in [1.807, 2.05) is 37.3 Å². The maximum atomic E-state index is 12.4. The van der Waals surface area contributed by atoms with Gasteiger partial charge in [0.1, 0.15) is 29.0 Å². The van der Waals surface area contributed by atoms with E-state index >= 15 is 0 Å². The predicted octanol–water partition coefficient (Wildman–Crippen LogP) is 4.30. The minimum atomic E-state index is -0.660. The van der Waals surface area contributed by atoms with Crippen LogP contribution in [0.25, 0.3) is 0 Å². The number of aryl methyl sites for hydroxylation is 1. The van der Waals surface area contributed by atoms with Gasteiger partial charge in [-0.3, -0.25) is 4.79 Å². The van der Waals surface area contributed by atoms with Crippen molar-refractivity contribution in [2.45, 2.75) is 13.5 Å². The summed E-state index contributed by atoms with van der Waals surface area (Å²) < 4.78 is 10.9. The number of thiophene rings is 1. The van der Waals surface area contributed by atoms with Crippen molar-refractivity contribution in [3.63, 3.8) is 0 Å². The third-order valence-electron chi connectivity index (χ3n) is 3.96. The number of ether oxygens (including phenoxy) is 2. The van der Waals surface area contributed by atoms with Crippen LogP contribution in [0.3, 0.4) is 0 Å². The van der Waals surface area contributed by atoms with Gasteiger partial charge in [-0.05, 0) is 36.1 Å². The topological polar surface area (TPSA) is 88.4 Å². The Hall–Kier alpha value is -3.63. The fraction of sp³-hybridized carbons (Fsp3) is 0.136. The predicted molar refractivity (Wildman–Crippen MR) is 110 cm³/mol.